The highest BCUT2D eigenvalue weighted by molar-refractivity contribution is 9.10. The van der Waals surface area contributed by atoms with E-state index in [1.54, 1.807) is 12.1 Å². The van der Waals surface area contributed by atoms with Crippen LogP contribution in [0, 0.1) is 17.8 Å². The fourth-order valence-corrected chi connectivity index (χ4v) is 3.05. The summed E-state index contributed by atoms with van der Waals surface area (Å²) in [6.45, 7) is 1.99. The van der Waals surface area contributed by atoms with E-state index in [2.05, 4.69) is 21.2 Å². The maximum Gasteiger partial charge on any atom is 0.307 e. The molecule has 2 rings (SSSR count). The second-order valence-corrected chi connectivity index (χ2v) is 6.04. The molecule has 1 unspecified atom stereocenters. The summed E-state index contributed by atoms with van der Waals surface area (Å²) in [5.41, 5.74) is 0.683. The van der Waals surface area contributed by atoms with Crippen molar-refractivity contribution in [1.82, 2.24) is 0 Å². The lowest BCUT2D eigenvalue weighted by molar-refractivity contribution is -0.145. The fraction of sp³-hybridized carbons (Fsp3) is 0.429. The van der Waals surface area contributed by atoms with Gasteiger partial charge in [0, 0.05) is 10.2 Å². The first-order chi connectivity index (χ1) is 8.97. The van der Waals surface area contributed by atoms with E-state index in [1.807, 2.05) is 19.1 Å². The summed E-state index contributed by atoms with van der Waals surface area (Å²) in [5.74, 6) is -1.80. The number of anilines is 1. The molecular weight excluding hydrogens is 310 g/mol. The molecule has 1 aliphatic carbocycles. The Labute approximate surface area is 120 Å². The zero-order chi connectivity index (χ0) is 14.0. The van der Waals surface area contributed by atoms with Gasteiger partial charge in [0.1, 0.15) is 0 Å². The summed E-state index contributed by atoms with van der Waals surface area (Å²) in [5, 5.41) is 12.0. The fourth-order valence-electron chi connectivity index (χ4n) is 2.66. The van der Waals surface area contributed by atoms with Crippen molar-refractivity contribution in [3.05, 3.63) is 28.7 Å². The molecule has 4 nitrogen and oxygen atoms in total. The summed E-state index contributed by atoms with van der Waals surface area (Å²) in [4.78, 5) is 23.4. The van der Waals surface area contributed by atoms with Crippen LogP contribution in [0.4, 0.5) is 5.69 Å². The van der Waals surface area contributed by atoms with E-state index < -0.39 is 17.8 Å². The molecule has 19 heavy (non-hydrogen) atoms. The standard InChI is InChI=1S/C14H16BrNO3/c1-8-5-11(12(6-8)14(18)19)13(17)16-10-4-2-3-9(15)7-10/h2-4,7-8,11-12H,5-6H2,1H3,(H,16,17)(H,18,19)/t8?,11-,12+/m0/s1. The monoisotopic (exact) mass is 325 g/mol. The second-order valence-electron chi connectivity index (χ2n) is 5.13. The van der Waals surface area contributed by atoms with Gasteiger partial charge in [-0.15, -0.1) is 0 Å². The van der Waals surface area contributed by atoms with Gasteiger partial charge in [0.05, 0.1) is 11.8 Å². The third-order valence-electron chi connectivity index (χ3n) is 3.54. The molecular formula is C14H16BrNO3. The number of carbonyl (C=O) groups excluding carboxylic acids is 1. The van der Waals surface area contributed by atoms with E-state index in [1.165, 1.54) is 0 Å². The quantitative estimate of drug-likeness (QED) is 0.897. The van der Waals surface area contributed by atoms with Gasteiger partial charge in [-0.25, -0.2) is 0 Å². The van der Waals surface area contributed by atoms with E-state index in [0.717, 1.165) is 4.47 Å². The number of benzene rings is 1. The number of nitrogens with one attached hydrogen (secondary N) is 1. The van der Waals surface area contributed by atoms with Crippen molar-refractivity contribution >= 4 is 33.5 Å². The molecule has 0 bridgehead atoms. The Kier molecular flexibility index (Phi) is 4.24. The molecule has 0 saturated heterocycles. The maximum atomic E-state index is 12.2. The first-order valence-corrected chi connectivity index (χ1v) is 7.06. The van der Waals surface area contributed by atoms with Gasteiger partial charge in [-0.3, -0.25) is 9.59 Å². The highest BCUT2D eigenvalue weighted by Crippen LogP contribution is 2.37. The molecule has 3 atom stereocenters. The molecule has 5 heteroatoms. The Bertz CT molecular complexity index is 503. The summed E-state index contributed by atoms with van der Waals surface area (Å²) < 4.78 is 0.875. The predicted molar refractivity (Wildman–Crippen MR) is 75.8 cm³/mol. The largest absolute Gasteiger partial charge is 0.481 e. The Morgan fingerprint density at radius 1 is 1.32 bits per heavy atom. The molecule has 1 aliphatic rings. The van der Waals surface area contributed by atoms with Gasteiger partial charge in [-0.2, -0.15) is 0 Å². The van der Waals surface area contributed by atoms with Gasteiger partial charge in [0.2, 0.25) is 5.91 Å². The summed E-state index contributed by atoms with van der Waals surface area (Å²) in [7, 11) is 0. The topological polar surface area (TPSA) is 66.4 Å². The van der Waals surface area contributed by atoms with Crippen LogP contribution in [0.1, 0.15) is 19.8 Å². The van der Waals surface area contributed by atoms with Gasteiger partial charge >= 0.3 is 5.97 Å². The van der Waals surface area contributed by atoms with E-state index >= 15 is 0 Å². The van der Waals surface area contributed by atoms with Crippen LogP contribution in [0.25, 0.3) is 0 Å². The average molecular weight is 326 g/mol. The first-order valence-electron chi connectivity index (χ1n) is 6.26. The molecule has 0 aromatic heterocycles. The molecule has 0 heterocycles. The predicted octanol–water partition coefficient (Wildman–Crippen LogP) is 3.13. The Balaban J connectivity index is 2.09. The van der Waals surface area contributed by atoms with Crippen molar-refractivity contribution in [3.63, 3.8) is 0 Å². The molecule has 1 aromatic carbocycles. The number of halogens is 1. The minimum absolute atomic E-state index is 0.199. The molecule has 0 spiro atoms. The number of carbonyl (C=O) groups is 2. The van der Waals surface area contributed by atoms with Gasteiger partial charge < -0.3 is 10.4 Å². The van der Waals surface area contributed by atoms with Crippen LogP contribution in [0.3, 0.4) is 0 Å². The second kappa shape index (κ2) is 5.74. The molecule has 1 aromatic rings. The smallest absolute Gasteiger partial charge is 0.307 e. The van der Waals surface area contributed by atoms with Crippen LogP contribution in [0.5, 0.6) is 0 Å². The number of hydrogen-bond acceptors (Lipinski definition) is 2. The average Bonchev–Trinajstić information content (AvgIpc) is 2.71. The number of carboxylic acid groups (broad SMARTS) is 1. The van der Waals surface area contributed by atoms with Crippen LogP contribution in [-0.2, 0) is 9.59 Å². The number of amides is 1. The molecule has 1 amide bonds. The van der Waals surface area contributed by atoms with Crippen molar-refractivity contribution in [2.24, 2.45) is 17.8 Å². The summed E-state index contributed by atoms with van der Waals surface area (Å²) in [6, 6.07) is 7.28. The number of aliphatic carboxylic acids is 1. The van der Waals surface area contributed by atoms with Gasteiger partial charge in [-0.05, 0) is 37.0 Å². The van der Waals surface area contributed by atoms with E-state index in [0.29, 0.717) is 18.5 Å². The molecule has 1 fully saturated rings. The lowest BCUT2D eigenvalue weighted by Gasteiger charge is -2.15. The molecule has 102 valence electrons. The van der Waals surface area contributed by atoms with Crippen molar-refractivity contribution in [2.45, 2.75) is 19.8 Å². The zero-order valence-electron chi connectivity index (χ0n) is 10.6. The lowest BCUT2D eigenvalue weighted by atomic mass is 9.95. The SMILES string of the molecule is CC1C[C@H](C(=O)Nc2cccc(Br)c2)[C@H](C(=O)O)C1. The number of hydrogen-bond donors (Lipinski definition) is 2. The summed E-state index contributed by atoms with van der Waals surface area (Å²) >= 11 is 3.33. The summed E-state index contributed by atoms with van der Waals surface area (Å²) in [6.07, 6.45) is 1.21. The van der Waals surface area contributed by atoms with Crippen molar-refractivity contribution in [2.75, 3.05) is 5.32 Å². The van der Waals surface area contributed by atoms with Crippen molar-refractivity contribution in [1.29, 1.82) is 0 Å². The van der Waals surface area contributed by atoms with E-state index in [9.17, 15) is 14.7 Å². The highest BCUT2D eigenvalue weighted by atomic mass is 79.9. The van der Waals surface area contributed by atoms with E-state index in [-0.39, 0.29) is 11.8 Å². The molecule has 0 radical (unpaired) electrons. The van der Waals surface area contributed by atoms with Gasteiger partial charge in [0.25, 0.3) is 0 Å². The number of rotatable bonds is 3. The molecule has 1 saturated carbocycles. The normalized spacial score (nSPS) is 26.1. The zero-order valence-corrected chi connectivity index (χ0v) is 12.2. The van der Waals surface area contributed by atoms with Crippen molar-refractivity contribution < 1.29 is 14.7 Å². The van der Waals surface area contributed by atoms with Crippen LogP contribution >= 0.6 is 15.9 Å². The lowest BCUT2D eigenvalue weighted by Crippen LogP contribution is -2.29. The highest BCUT2D eigenvalue weighted by Gasteiger charge is 2.41. The van der Waals surface area contributed by atoms with Crippen LogP contribution in [-0.4, -0.2) is 17.0 Å². The minimum Gasteiger partial charge on any atom is -0.481 e. The van der Waals surface area contributed by atoms with E-state index in [4.69, 9.17) is 0 Å². The van der Waals surface area contributed by atoms with Gasteiger partial charge in [-0.1, -0.05) is 28.9 Å². The van der Waals surface area contributed by atoms with Gasteiger partial charge in [0.15, 0.2) is 0 Å². The third-order valence-corrected chi connectivity index (χ3v) is 4.04. The molecule has 0 aliphatic heterocycles. The minimum atomic E-state index is -0.876. The first kappa shape index (κ1) is 14.1. The Hall–Kier alpha value is -1.36. The number of carboxylic acids is 1. The van der Waals surface area contributed by atoms with Crippen LogP contribution in [0.2, 0.25) is 0 Å². The molecule has 2 N–H and O–H groups in total. The Morgan fingerprint density at radius 3 is 2.63 bits per heavy atom. The Morgan fingerprint density at radius 2 is 2.00 bits per heavy atom. The third kappa shape index (κ3) is 3.35. The van der Waals surface area contributed by atoms with Crippen molar-refractivity contribution in [3.8, 4) is 0 Å². The van der Waals surface area contributed by atoms with Crippen LogP contribution in [0.15, 0.2) is 28.7 Å². The maximum absolute atomic E-state index is 12.2. The van der Waals surface area contributed by atoms with Crippen LogP contribution < -0.4 is 5.32 Å².